The molecule has 0 unspecified atom stereocenters. The van der Waals surface area contributed by atoms with Crippen molar-refractivity contribution in [2.45, 2.75) is 78.2 Å². The lowest BCUT2D eigenvalue weighted by Gasteiger charge is -2.33. The third-order valence-electron chi connectivity index (χ3n) is 4.76. The average Bonchev–Trinajstić information content (AvgIpc) is 2.46. The zero-order valence-electron chi connectivity index (χ0n) is 15.7. The molecule has 1 aliphatic rings. The Morgan fingerprint density at radius 1 is 1.04 bits per heavy atom. The van der Waals surface area contributed by atoms with Gasteiger partial charge in [0.15, 0.2) is 0 Å². The van der Waals surface area contributed by atoms with Crippen LogP contribution in [0, 0.1) is 5.41 Å². The number of hydrogen-bond acceptors (Lipinski definition) is 2. The summed E-state index contributed by atoms with van der Waals surface area (Å²) in [5.74, 6) is 0.996. The normalized spacial score (nSPS) is 19.6. The first-order chi connectivity index (χ1) is 10.8. The van der Waals surface area contributed by atoms with E-state index in [4.69, 9.17) is 4.74 Å². The van der Waals surface area contributed by atoms with Crippen molar-refractivity contribution in [3.8, 4) is 5.75 Å². The second kappa shape index (κ2) is 7.70. The van der Waals surface area contributed by atoms with E-state index in [2.05, 4.69) is 64.2 Å². The minimum absolute atomic E-state index is 0.197. The Balaban J connectivity index is 1.84. The fourth-order valence-corrected chi connectivity index (χ4v) is 3.92. The molecule has 1 N–H and O–H groups in total. The number of benzene rings is 1. The maximum Gasteiger partial charge on any atom is 0.119 e. The zero-order valence-corrected chi connectivity index (χ0v) is 15.7. The Morgan fingerprint density at radius 3 is 2.30 bits per heavy atom. The van der Waals surface area contributed by atoms with Gasteiger partial charge in [0.1, 0.15) is 5.75 Å². The van der Waals surface area contributed by atoms with Gasteiger partial charge in [-0.05, 0) is 60.8 Å². The first-order valence-electron chi connectivity index (χ1n) is 9.23. The lowest BCUT2D eigenvalue weighted by molar-refractivity contribution is 0.267. The number of ether oxygens (including phenoxy) is 1. The first kappa shape index (κ1) is 18.3. The summed E-state index contributed by atoms with van der Waals surface area (Å²) >= 11 is 0. The summed E-state index contributed by atoms with van der Waals surface area (Å²) in [5, 5.41) is 3.58. The molecule has 0 bridgehead atoms. The lowest BCUT2D eigenvalue weighted by atomic mass is 9.72. The molecule has 1 saturated heterocycles. The second-order valence-electron chi connectivity index (χ2n) is 8.93. The molecule has 1 aromatic carbocycles. The van der Waals surface area contributed by atoms with Crippen molar-refractivity contribution in [2.75, 3.05) is 13.2 Å². The summed E-state index contributed by atoms with van der Waals surface area (Å²) < 4.78 is 5.94. The number of hydrogen-bond donors (Lipinski definition) is 1. The molecule has 0 amide bonds. The summed E-state index contributed by atoms with van der Waals surface area (Å²) in [6, 6.07) is 9.39. The fourth-order valence-electron chi connectivity index (χ4n) is 3.92. The number of piperidine rings is 1. The molecule has 1 fully saturated rings. The quantitative estimate of drug-likeness (QED) is 0.767. The van der Waals surface area contributed by atoms with Crippen molar-refractivity contribution in [1.82, 2.24) is 5.32 Å². The molecule has 1 heterocycles. The predicted molar refractivity (Wildman–Crippen MR) is 99.3 cm³/mol. The predicted octanol–water partition coefficient (Wildman–Crippen LogP) is 5.31. The van der Waals surface area contributed by atoms with E-state index in [1.807, 2.05) is 0 Å². The zero-order chi connectivity index (χ0) is 16.9. The van der Waals surface area contributed by atoms with Gasteiger partial charge in [0.2, 0.25) is 0 Å². The van der Waals surface area contributed by atoms with Gasteiger partial charge in [0.25, 0.3) is 0 Å². The molecule has 2 heteroatoms. The SMILES string of the molecule is CC(C)(C)CC(C)(C)c1ccc(OCC[C@@H]2CCCCN2)cc1. The average molecular weight is 318 g/mol. The van der Waals surface area contributed by atoms with Crippen LogP contribution in [-0.2, 0) is 5.41 Å². The molecular weight excluding hydrogens is 282 g/mol. The Bertz CT molecular complexity index is 464. The topological polar surface area (TPSA) is 21.3 Å². The molecule has 0 radical (unpaired) electrons. The van der Waals surface area contributed by atoms with Gasteiger partial charge in [-0.15, -0.1) is 0 Å². The van der Waals surface area contributed by atoms with Gasteiger partial charge in [-0.25, -0.2) is 0 Å². The monoisotopic (exact) mass is 317 g/mol. The van der Waals surface area contributed by atoms with Gasteiger partial charge < -0.3 is 10.1 Å². The van der Waals surface area contributed by atoms with Crippen LogP contribution in [0.25, 0.3) is 0 Å². The van der Waals surface area contributed by atoms with Gasteiger partial charge in [-0.1, -0.05) is 53.2 Å². The Morgan fingerprint density at radius 2 is 1.74 bits per heavy atom. The molecule has 0 saturated carbocycles. The smallest absolute Gasteiger partial charge is 0.119 e. The molecule has 0 spiro atoms. The van der Waals surface area contributed by atoms with E-state index in [0.717, 1.165) is 18.8 Å². The van der Waals surface area contributed by atoms with Gasteiger partial charge in [-0.2, -0.15) is 0 Å². The summed E-state index contributed by atoms with van der Waals surface area (Å²) in [7, 11) is 0. The van der Waals surface area contributed by atoms with E-state index in [1.54, 1.807) is 0 Å². The second-order valence-corrected chi connectivity index (χ2v) is 8.93. The van der Waals surface area contributed by atoms with Crippen molar-refractivity contribution in [2.24, 2.45) is 5.41 Å². The number of nitrogens with one attached hydrogen (secondary N) is 1. The maximum atomic E-state index is 5.94. The fraction of sp³-hybridized carbons (Fsp3) is 0.714. The number of rotatable bonds is 6. The molecule has 1 aromatic rings. The van der Waals surface area contributed by atoms with E-state index in [1.165, 1.54) is 37.8 Å². The molecule has 1 atom stereocenters. The van der Waals surface area contributed by atoms with Gasteiger partial charge in [0, 0.05) is 6.04 Å². The summed E-state index contributed by atoms with van der Waals surface area (Å²) in [6.45, 7) is 13.6. The maximum absolute atomic E-state index is 5.94. The van der Waals surface area contributed by atoms with Crippen LogP contribution in [0.5, 0.6) is 5.75 Å². The van der Waals surface area contributed by atoms with Crippen LogP contribution in [0.15, 0.2) is 24.3 Å². The van der Waals surface area contributed by atoms with E-state index >= 15 is 0 Å². The van der Waals surface area contributed by atoms with Gasteiger partial charge in [0.05, 0.1) is 6.61 Å². The third-order valence-corrected chi connectivity index (χ3v) is 4.76. The van der Waals surface area contributed by atoms with Crippen LogP contribution in [0.4, 0.5) is 0 Å². The van der Waals surface area contributed by atoms with E-state index in [-0.39, 0.29) is 5.41 Å². The summed E-state index contributed by atoms with van der Waals surface area (Å²) in [5.41, 5.74) is 1.93. The Kier molecular flexibility index (Phi) is 6.13. The highest BCUT2D eigenvalue weighted by Crippen LogP contribution is 2.36. The summed E-state index contributed by atoms with van der Waals surface area (Å²) in [4.78, 5) is 0. The third kappa shape index (κ3) is 6.18. The van der Waals surface area contributed by atoms with E-state index in [9.17, 15) is 0 Å². The molecule has 0 aromatic heterocycles. The van der Waals surface area contributed by atoms with Crippen LogP contribution in [0.2, 0.25) is 0 Å². The van der Waals surface area contributed by atoms with Gasteiger partial charge >= 0.3 is 0 Å². The molecule has 23 heavy (non-hydrogen) atoms. The Hall–Kier alpha value is -1.02. The van der Waals surface area contributed by atoms with Crippen LogP contribution in [-0.4, -0.2) is 19.2 Å². The minimum atomic E-state index is 0.197. The van der Waals surface area contributed by atoms with E-state index in [0.29, 0.717) is 11.5 Å². The van der Waals surface area contributed by atoms with E-state index < -0.39 is 0 Å². The van der Waals surface area contributed by atoms with Crippen LogP contribution in [0.1, 0.15) is 72.3 Å². The summed E-state index contributed by atoms with van der Waals surface area (Å²) in [6.07, 6.45) is 6.26. The molecular formula is C21H35NO. The molecule has 1 aliphatic heterocycles. The van der Waals surface area contributed by atoms with Crippen molar-refractivity contribution in [1.29, 1.82) is 0 Å². The largest absolute Gasteiger partial charge is 0.494 e. The van der Waals surface area contributed by atoms with Gasteiger partial charge in [-0.3, -0.25) is 0 Å². The molecule has 0 aliphatic carbocycles. The standard InChI is InChI=1S/C21H35NO/c1-20(2,3)16-21(4,5)17-9-11-19(12-10-17)23-15-13-18-8-6-7-14-22-18/h9-12,18,22H,6-8,13-16H2,1-5H3/t18-/m0/s1. The molecule has 2 nitrogen and oxygen atoms in total. The van der Waals surface area contributed by atoms with Crippen LogP contribution < -0.4 is 10.1 Å². The highest BCUT2D eigenvalue weighted by Gasteiger charge is 2.27. The first-order valence-corrected chi connectivity index (χ1v) is 9.23. The Labute approximate surface area is 143 Å². The minimum Gasteiger partial charge on any atom is -0.494 e. The lowest BCUT2D eigenvalue weighted by Crippen LogP contribution is -2.35. The molecule has 130 valence electrons. The van der Waals surface area contributed by atoms with Crippen molar-refractivity contribution < 1.29 is 4.74 Å². The van der Waals surface area contributed by atoms with Crippen molar-refractivity contribution >= 4 is 0 Å². The highest BCUT2D eigenvalue weighted by atomic mass is 16.5. The highest BCUT2D eigenvalue weighted by molar-refractivity contribution is 5.31. The van der Waals surface area contributed by atoms with Crippen LogP contribution in [0.3, 0.4) is 0 Å². The van der Waals surface area contributed by atoms with Crippen molar-refractivity contribution in [3.05, 3.63) is 29.8 Å². The molecule has 2 rings (SSSR count). The van der Waals surface area contributed by atoms with Crippen LogP contribution >= 0.6 is 0 Å². The van der Waals surface area contributed by atoms with Crippen molar-refractivity contribution in [3.63, 3.8) is 0 Å².